The Bertz CT molecular complexity index is 2080. The van der Waals surface area contributed by atoms with Crippen LogP contribution in [-0.4, -0.2) is 101 Å². The van der Waals surface area contributed by atoms with E-state index in [9.17, 15) is 24.0 Å². The normalized spacial score (nSPS) is 21.6. The summed E-state index contributed by atoms with van der Waals surface area (Å²) >= 11 is 0. The van der Waals surface area contributed by atoms with Gasteiger partial charge in [-0.1, -0.05) is 45.3 Å². The topological polar surface area (TPSA) is 160 Å². The maximum absolute atomic E-state index is 16.0. The third-order valence-electron chi connectivity index (χ3n) is 10.2. The van der Waals surface area contributed by atoms with Crippen LogP contribution in [0, 0.1) is 11.6 Å². The van der Waals surface area contributed by atoms with Crippen molar-refractivity contribution in [3.8, 4) is 5.75 Å². The fraction of sp³-hybridized carbons (Fsp3) is 0.486. The lowest BCUT2D eigenvalue weighted by Gasteiger charge is -2.29. The van der Waals surface area contributed by atoms with Gasteiger partial charge in [0.05, 0.1) is 19.2 Å². The first-order valence-corrected chi connectivity index (χ1v) is 25.4. The highest BCUT2D eigenvalue weighted by molar-refractivity contribution is 6.76. The Morgan fingerprint density at radius 3 is 2.04 bits per heavy atom. The number of halogens is 2. The van der Waals surface area contributed by atoms with E-state index in [-0.39, 0.29) is 53.6 Å². The number of methoxy groups -OCH3 is 1. The monoisotopic (exact) mass is 799 g/mol. The molecule has 2 aromatic carbocycles. The van der Waals surface area contributed by atoms with Crippen molar-refractivity contribution >= 4 is 56.9 Å². The average Bonchev–Trinajstić information content (AvgIpc) is 3.78. The Morgan fingerprint density at radius 2 is 1.44 bits per heavy atom. The molecule has 2 saturated heterocycles. The van der Waals surface area contributed by atoms with Crippen molar-refractivity contribution in [3.05, 3.63) is 64.4 Å². The van der Waals surface area contributed by atoms with E-state index < -0.39 is 75.2 Å². The van der Waals surface area contributed by atoms with Gasteiger partial charge in [0.1, 0.15) is 36.2 Å². The number of nitrogens with zero attached hydrogens (tertiary/aromatic N) is 3. The number of furan rings is 1. The van der Waals surface area contributed by atoms with Crippen molar-refractivity contribution in [1.29, 1.82) is 0 Å². The first kappa shape index (κ1) is 40.0. The maximum Gasteiger partial charge on any atom is 0.327 e. The van der Waals surface area contributed by atoms with Gasteiger partial charge < -0.3 is 34.2 Å². The predicted molar refractivity (Wildman–Crippen MR) is 202 cm³/mol. The lowest BCUT2D eigenvalue weighted by molar-refractivity contribution is -0.136. The number of hydrogen-bond donors (Lipinski definition) is 2. The second-order valence-electron chi connectivity index (χ2n) is 16.8. The number of ether oxygens (including phenoxy) is 3. The van der Waals surface area contributed by atoms with Gasteiger partial charge in [0, 0.05) is 52.9 Å². The van der Waals surface area contributed by atoms with Gasteiger partial charge in [-0.3, -0.25) is 14.4 Å². The molecule has 1 aromatic heterocycles. The van der Waals surface area contributed by atoms with Gasteiger partial charge in [0.2, 0.25) is 0 Å². The second-order valence-corrected chi connectivity index (χ2v) is 28.1. The van der Waals surface area contributed by atoms with E-state index >= 15 is 8.78 Å². The average molecular weight is 800 g/mol. The van der Waals surface area contributed by atoms with E-state index in [0.717, 1.165) is 28.0 Å². The van der Waals surface area contributed by atoms with Crippen LogP contribution in [0.5, 0.6) is 5.75 Å². The third kappa shape index (κ3) is 7.51. The van der Waals surface area contributed by atoms with Crippen molar-refractivity contribution < 1.29 is 51.4 Å². The number of urea groups is 2. The SMILES string of the molecule is COc1ccc2c(c1F)C(=O)N(CC1(c3cc4cc(C5(C)NC(=O)N(COCC[Si](C)(C)C)C5=O)c(F)cc4o3)NC(=O)N(COCC[Si](C)(C)C)C1=O)C2. The van der Waals surface area contributed by atoms with Gasteiger partial charge in [-0.2, -0.15) is 0 Å². The maximum atomic E-state index is 16.0. The molecule has 296 valence electrons. The van der Waals surface area contributed by atoms with Crippen molar-refractivity contribution in [3.63, 3.8) is 0 Å². The molecule has 3 aliphatic rings. The molecule has 2 fully saturated rings. The lowest BCUT2D eigenvalue weighted by Crippen LogP contribution is -2.52. The van der Waals surface area contributed by atoms with Crippen LogP contribution < -0.4 is 15.4 Å². The molecule has 2 unspecified atom stereocenters. The van der Waals surface area contributed by atoms with Gasteiger partial charge in [0.15, 0.2) is 17.1 Å². The summed E-state index contributed by atoms with van der Waals surface area (Å²) < 4.78 is 53.9. The van der Waals surface area contributed by atoms with Crippen molar-refractivity contribution in [2.75, 3.05) is 40.3 Å². The number of amides is 7. The molecule has 2 N–H and O–H groups in total. The largest absolute Gasteiger partial charge is 0.494 e. The highest BCUT2D eigenvalue weighted by Gasteiger charge is 2.57. The number of imide groups is 2. The molecular formula is C37H47F2N5O9Si2. The zero-order chi connectivity index (χ0) is 40.2. The molecule has 7 amide bonds. The van der Waals surface area contributed by atoms with Crippen LogP contribution in [0.2, 0.25) is 51.4 Å². The predicted octanol–water partition coefficient (Wildman–Crippen LogP) is 5.51. The minimum absolute atomic E-state index is 0.0405. The fourth-order valence-electron chi connectivity index (χ4n) is 6.78. The summed E-state index contributed by atoms with van der Waals surface area (Å²) in [6, 6.07) is 6.74. The van der Waals surface area contributed by atoms with Crippen molar-refractivity contribution in [1.82, 2.24) is 25.3 Å². The van der Waals surface area contributed by atoms with Crippen LogP contribution in [0.1, 0.15) is 34.2 Å². The Labute approximate surface area is 319 Å². The van der Waals surface area contributed by atoms with E-state index in [1.54, 1.807) is 6.07 Å². The van der Waals surface area contributed by atoms with Crippen LogP contribution in [0.4, 0.5) is 18.4 Å². The summed E-state index contributed by atoms with van der Waals surface area (Å²) in [5, 5.41) is 5.52. The zero-order valence-corrected chi connectivity index (χ0v) is 34.3. The molecule has 0 aliphatic carbocycles. The number of carbonyl (C=O) groups is 5. The van der Waals surface area contributed by atoms with E-state index in [2.05, 4.69) is 49.9 Å². The molecule has 0 bridgehead atoms. The molecule has 14 nitrogen and oxygen atoms in total. The summed E-state index contributed by atoms with van der Waals surface area (Å²) in [6.07, 6.45) is 0. The van der Waals surface area contributed by atoms with Gasteiger partial charge in [-0.05, 0) is 42.8 Å². The van der Waals surface area contributed by atoms with Crippen molar-refractivity contribution in [2.45, 2.75) is 75.9 Å². The number of carbonyl (C=O) groups excluding carboxylic acids is 5. The molecule has 0 spiro atoms. The minimum Gasteiger partial charge on any atom is -0.494 e. The van der Waals surface area contributed by atoms with Gasteiger partial charge >= 0.3 is 12.1 Å². The molecule has 3 aromatic rings. The first-order chi connectivity index (χ1) is 25.7. The highest BCUT2D eigenvalue weighted by Crippen LogP contribution is 2.40. The van der Waals surface area contributed by atoms with Gasteiger partial charge in [-0.25, -0.2) is 28.2 Å². The Balaban J connectivity index is 1.33. The summed E-state index contributed by atoms with van der Waals surface area (Å²) in [4.78, 5) is 71.2. The van der Waals surface area contributed by atoms with E-state index in [0.29, 0.717) is 18.8 Å². The molecule has 3 aliphatic heterocycles. The summed E-state index contributed by atoms with van der Waals surface area (Å²) in [7, 11) is -1.66. The smallest absolute Gasteiger partial charge is 0.327 e. The van der Waals surface area contributed by atoms with Crippen LogP contribution in [0.25, 0.3) is 11.0 Å². The lowest BCUT2D eigenvalue weighted by atomic mass is 9.90. The second kappa shape index (κ2) is 14.4. The zero-order valence-electron chi connectivity index (χ0n) is 32.3. The Kier molecular flexibility index (Phi) is 10.5. The number of nitrogens with one attached hydrogen (secondary N) is 2. The molecule has 4 heterocycles. The van der Waals surface area contributed by atoms with Crippen LogP contribution in [-0.2, 0) is 36.7 Å². The van der Waals surface area contributed by atoms with Gasteiger partial charge in [-0.15, -0.1) is 0 Å². The molecule has 0 saturated carbocycles. The fourth-order valence-corrected chi connectivity index (χ4v) is 8.30. The van der Waals surface area contributed by atoms with Crippen LogP contribution in [0.3, 0.4) is 0 Å². The van der Waals surface area contributed by atoms with Gasteiger partial charge in [0.25, 0.3) is 17.7 Å². The minimum atomic E-state index is -2.04. The van der Waals surface area contributed by atoms with E-state index in [1.165, 1.54) is 37.1 Å². The number of hydrogen-bond acceptors (Lipinski definition) is 9. The van der Waals surface area contributed by atoms with E-state index in [4.69, 9.17) is 18.6 Å². The summed E-state index contributed by atoms with van der Waals surface area (Å²) in [6.45, 7) is 13.8. The summed E-state index contributed by atoms with van der Waals surface area (Å²) in [5.41, 5.74) is -3.93. The standard InChI is InChI=1S/C37H47F2N5O9Si2/c1-36(32(46)43(34(48)40-36)20-51-11-13-54(3,4)5)24-15-23-16-28(53-27(23)17-25(24)38)37(33(47)44(35(49)41-37)21-52-12-14-55(6,7)8)19-42-18-22-9-10-26(50-2)30(39)29(22)31(42)45/h9-10,15-17H,11-14,18-21H2,1-8H3,(H,40,48)(H,41,49). The van der Waals surface area contributed by atoms with E-state index in [1.807, 2.05) is 0 Å². The number of rotatable bonds is 15. The molecule has 6 rings (SSSR count). The van der Waals surface area contributed by atoms with Crippen molar-refractivity contribution in [2.24, 2.45) is 0 Å². The molecule has 2 atom stereocenters. The Hall–Kier alpha value is -4.66. The number of benzene rings is 2. The van der Waals surface area contributed by atoms with Crippen LogP contribution in [0.15, 0.2) is 34.7 Å². The molecule has 18 heteroatoms. The molecule has 55 heavy (non-hydrogen) atoms. The highest BCUT2D eigenvalue weighted by atomic mass is 28.3. The summed E-state index contributed by atoms with van der Waals surface area (Å²) in [5.74, 6) is -4.27. The Morgan fingerprint density at radius 1 is 0.836 bits per heavy atom. The first-order valence-electron chi connectivity index (χ1n) is 18.0. The number of fused-ring (bicyclic) bond motifs is 2. The quantitative estimate of drug-likeness (QED) is 0.115. The molecular weight excluding hydrogens is 753 g/mol. The third-order valence-corrected chi connectivity index (χ3v) is 13.6. The van der Waals surface area contributed by atoms with Crippen LogP contribution >= 0.6 is 0 Å². The molecule has 0 radical (unpaired) electrons.